The van der Waals surface area contributed by atoms with E-state index in [0.29, 0.717) is 12.1 Å². The lowest BCUT2D eigenvalue weighted by Crippen LogP contribution is -2.35. The fourth-order valence-corrected chi connectivity index (χ4v) is 2.58. The zero-order valence-corrected chi connectivity index (χ0v) is 10.3. The molecule has 1 atom stereocenters. The lowest BCUT2D eigenvalue weighted by molar-refractivity contribution is 0.478. The van der Waals surface area contributed by atoms with E-state index in [4.69, 9.17) is 0 Å². The molecule has 1 aromatic rings. The van der Waals surface area contributed by atoms with Gasteiger partial charge in [0.15, 0.2) is 0 Å². The van der Waals surface area contributed by atoms with Crippen LogP contribution >= 0.6 is 15.9 Å². The second-order valence-corrected chi connectivity index (χ2v) is 5.26. The maximum Gasteiger partial charge on any atom is 0.0178 e. The molecule has 0 radical (unpaired) electrons. The van der Waals surface area contributed by atoms with Crippen LogP contribution in [0.1, 0.15) is 25.0 Å². The number of fused-ring (bicyclic) bond motifs is 1. The van der Waals surface area contributed by atoms with Gasteiger partial charge in [0.2, 0.25) is 0 Å². The predicted molar refractivity (Wildman–Crippen MR) is 63.6 cm³/mol. The number of benzene rings is 1. The van der Waals surface area contributed by atoms with Gasteiger partial charge in [-0.25, -0.2) is 0 Å². The summed E-state index contributed by atoms with van der Waals surface area (Å²) in [4.78, 5) is 0. The molecule has 1 nitrogen and oxygen atoms in total. The van der Waals surface area contributed by atoms with Crippen molar-refractivity contribution < 1.29 is 0 Å². The molecule has 0 aliphatic heterocycles. The van der Waals surface area contributed by atoms with Crippen molar-refractivity contribution in [3.63, 3.8) is 0 Å². The highest BCUT2D eigenvalue weighted by molar-refractivity contribution is 9.10. The van der Waals surface area contributed by atoms with E-state index in [1.54, 1.807) is 0 Å². The maximum absolute atomic E-state index is 3.59. The quantitative estimate of drug-likeness (QED) is 0.855. The summed E-state index contributed by atoms with van der Waals surface area (Å²) in [5.74, 6) is 0. The normalized spacial score (nSPS) is 20.1. The second kappa shape index (κ2) is 4.03. The van der Waals surface area contributed by atoms with Crippen LogP contribution in [0.4, 0.5) is 0 Å². The number of nitrogens with one attached hydrogen (secondary N) is 1. The summed E-state index contributed by atoms with van der Waals surface area (Å²) in [6.07, 6.45) is 2.35. The molecule has 0 fully saturated rings. The van der Waals surface area contributed by atoms with Crippen LogP contribution < -0.4 is 5.32 Å². The molecule has 0 amide bonds. The first-order valence-corrected chi connectivity index (χ1v) is 5.98. The van der Waals surface area contributed by atoms with Gasteiger partial charge in [0.1, 0.15) is 0 Å². The standard InChI is InChI=1S/C12H16BrN/c1-8(2)14-12-6-9-3-4-11(13)5-10(9)7-12/h3-5,8,12,14H,6-7H2,1-2H3. The summed E-state index contributed by atoms with van der Waals surface area (Å²) in [6, 6.07) is 7.84. The molecule has 1 unspecified atom stereocenters. The zero-order valence-electron chi connectivity index (χ0n) is 8.68. The van der Waals surface area contributed by atoms with Gasteiger partial charge in [-0.15, -0.1) is 0 Å². The van der Waals surface area contributed by atoms with Crippen molar-refractivity contribution in [2.75, 3.05) is 0 Å². The molecule has 0 heterocycles. The Morgan fingerprint density at radius 1 is 1.29 bits per heavy atom. The van der Waals surface area contributed by atoms with Gasteiger partial charge in [-0.05, 0) is 36.1 Å². The molecule has 0 spiro atoms. The van der Waals surface area contributed by atoms with Gasteiger partial charge in [-0.1, -0.05) is 35.8 Å². The van der Waals surface area contributed by atoms with Crippen molar-refractivity contribution in [2.45, 2.75) is 38.8 Å². The molecule has 1 aliphatic carbocycles. The molecule has 0 aromatic heterocycles. The highest BCUT2D eigenvalue weighted by Crippen LogP contribution is 2.25. The van der Waals surface area contributed by atoms with E-state index in [1.165, 1.54) is 28.4 Å². The Morgan fingerprint density at radius 2 is 2.00 bits per heavy atom. The molecular formula is C12H16BrN. The Kier molecular flexibility index (Phi) is 2.93. The Balaban J connectivity index is 2.10. The van der Waals surface area contributed by atoms with Crippen LogP contribution in [-0.2, 0) is 12.8 Å². The first kappa shape index (κ1) is 10.2. The number of hydrogen-bond donors (Lipinski definition) is 1. The molecule has 1 aromatic carbocycles. The minimum Gasteiger partial charge on any atom is -0.311 e. The van der Waals surface area contributed by atoms with Gasteiger partial charge in [0.25, 0.3) is 0 Å². The predicted octanol–water partition coefficient (Wildman–Crippen LogP) is 2.91. The minimum atomic E-state index is 0.581. The third-order valence-corrected chi connectivity index (χ3v) is 3.16. The van der Waals surface area contributed by atoms with Crippen LogP contribution in [-0.4, -0.2) is 12.1 Å². The molecule has 0 saturated heterocycles. The zero-order chi connectivity index (χ0) is 10.1. The lowest BCUT2D eigenvalue weighted by Gasteiger charge is -2.14. The fraction of sp³-hybridized carbons (Fsp3) is 0.500. The molecule has 1 N–H and O–H groups in total. The smallest absolute Gasteiger partial charge is 0.0178 e. The lowest BCUT2D eigenvalue weighted by atomic mass is 10.1. The van der Waals surface area contributed by atoms with Crippen LogP contribution in [0.25, 0.3) is 0 Å². The van der Waals surface area contributed by atoms with Crippen molar-refractivity contribution >= 4 is 15.9 Å². The third-order valence-electron chi connectivity index (χ3n) is 2.67. The molecule has 0 saturated carbocycles. The molecule has 0 bridgehead atoms. The Labute approximate surface area is 94.0 Å². The van der Waals surface area contributed by atoms with Crippen LogP contribution in [0.5, 0.6) is 0 Å². The molecule has 2 heteroatoms. The Hall–Kier alpha value is -0.340. The van der Waals surface area contributed by atoms with Gasteiger partial charge < -0.3 is 5.32 Å². The van der Waals surface area contributed by atoms with E-state index in [-0.39, 0.29) is 0 Å². The van der Waals surface area contributed by atoms with E-state index in [1.807, 2.05) is 0 Å². The second-order valence-electron chi connectivity index (χ2n) is 4.34. The fourth-order valence-electron chi connectivity index (χ4n) is 2.18. The van der Waals surface area contributed by atoms with Crippen molar-refractivity contribution in [2.24, 2.45) is 0 Å². The van der Waals surface area contributed by atoms with E-state index in [2.05, 4.69) is 53.3 Å². The summed E-state index contributed by atoms with van der Waals surface area (Å²) in [6.45, 7) is 4.41. The summed E-state index contributed by atoms with van der Waals surface area (Å²) < 4.78 is 1.20. The first-order chi connectivity index (χ1) is 6.65. The molecule has 76 valence electrons. The van der Waals surface area contributed by atoms with Crippen molar-refractivity contribution in [3.8, 4) is 0 Å². The van der Waals surface area contributed by atoms with Crippen molar-refractivity contribution in [1.29, 1.82) is 0 Å². The van der Waals surface area contributed by atoms with Crippen LogP contribution in [0.3, 0.4) is 0 Å². The largest absolute Gasteiger partial charge is 0.311 e. The highest BCUT2D eigenvalue weighted by Gasteiger charge is 2.21. The number of hydrogen-bond acceptors (Lipinski definition) is 1. The average Bonchev–Trinajstić information content (AvgIpc) is 2.44. The molecule has 1 aliphatic rings. The summed E-state index contributed by atoms with van der Waals surface area (Å²) >= 11 is 3.52. The molecular weight excluding hydrogens is 238 g/mol. The summed E-state index contributed by atoms with van der Waals surface area (Å²) in [5, 5.41) is 3.59. The van der Waals surface area contributed by atoms with E-state index in [0.717, 1.165) is 0 Å². The van der Waals surface area contributed by atoms with E-state index >= 15 is 0 Å². The summed E-state index contributed by atoms with van der Waals surface area (Å²) in [7, 11) is 0. The van der Waals surface area contributed by atoms with Gasteiger partial charge in [-0.3, -0.25) is 0 Å². The number of halogens is 1. The van der Waals surface area contributed by atoms with Crippen LogP contribution in [0.15, 0.2) is 22.7 Å². The molecule has 2 rings (SSSR count). The number of rotatable bonds is 2. The average molecular weight is 254 g/mol. The van der Waals surface area contributed by atoms with Crippen molar-refractivity contribution in [3.05, 3.63) is 33.8 Å². The maximum atomic E-state index is 3.59. The van der Waals surface area contributed by atoms with E-state index in [9.17, 15) is 0 Å². The van der Waals surface area contributed by atoms with Gasteiger partial charge in [-0.2, -0.15) is 0 Å². The SMILES string of the molecule is CC(C)NC1Cc2ccc(Br)cc2C1. The van der Waals surface area contributed by atoms with E-state index < -0.39 is 0 Å². The Bertz CT molecular complexity index is 333. The van der Waals surface area contributed by atoms with Crippen molar-refractivity contribution in [1.82, 2.24) is 5.32 Å². The molecule has 14 heavy (non-hydrogen) atoms. The summed E-state index contributed by atoms with van der Waals surface area (Å²) in [5.41, 5.74) is 3.00. The Morgan fingerprint density at radius 3 is 2.71 bits per heavy atom. The first-order valence-electron chi connectivity index (χ1n) is 5.18. The van der Waals surface area contributed by atoms with Gasteiger partial charge in [0.05, 0.1) is 0 Å². The minimum absolute atomic E-state index is 0.581. The van der Waals surface area contributed by atoms with Crippen LogP contribution in [0, 0.1) is 0 Å². The van der Waals surface area contributed by atoms with Gasteiger partial charge >= 0.3 is 0 Å². The third kappa shape index (κ3) is 2.18. The monoisotopic (exact) mass is 253 g/mol. The highest BCUT2D eigenvalue weighted by atomic mass is 79.9. The topological polar surface area (TPSA) is 12.0 Å². The van der Waals surface area contributed by atoms with Gasteiger partial charge in [0, 0.05) is 16.6 Å². The van der Waals surface area contributed by atoms with Crippen LogP contribution in [0.2, 0.25) is 0 Å².